The molecule has 1 aliphatic heterocycles. The van der Waals surface area contributed by atoms with E-state index in [2.05, 4.69) is 14.9 Å². The SMILES string of the molecule is N#Cc1cccc(S(=O)(=O)N2CCCN(c3nc4cccnc4s3)CC2)c1. The maximum Gasteiger partial charge on any atom is 0.243 e. The number of fused-ring (bicyclic) bond motifs is 1. The molecule has 0 radical (unpaired) electrons. The van der Waals surface area contributed by atoms with E-state index in [1.807, 2.05) is 18.2 Å². The highest BCUT2D eigenvalue weighted by molar-refractivity contribution is 7.89. The van der Waals surface area contributed by atoms with Crippen LogP contribution in [-0.4, -0.2) is 48.9 Å². The minimum atomic E-state index is -3.62. The number of thiazole rings is 1. The van der Waals surface area contributed by atoms with E-state index in [4.69, 9.17) is 5.26 Å². The van der Waals surface area contributed by atoms with Gasteiger partial charge in [0.05, 0.1) is 16.5 Å². The Kier molecular flexibility index (Phi) is 4.78. The lowest BCUT2D eigenvalue weighted by molar-refractivity contribution is 0.433. The monoisotopic (exact) mass is 399 g/mol. The molecular formula is C18H17N5O2S2. The number of hydrogen-bond acceptors (Lipinski definition) is 7. The molecule has 1 aromatic carbocycles. The number of hydrogen-bond donors (Lipinski definition) is 0. The predicted molar refractivity (Wildman–Crippen MR) is 104 cm³/mol. The lowest BCUT2D eigenvalue weighted by Gasteiger charge is -2.21. The summed E-state index contributed by atoms with van der Waals surface area (Å²) in [5.74, 6) is 0. The van der Waals surface area contributed by atoms with Gasteiger partial charge in [0, 0.05) is 32.4 Å². The van der Waals surface area contributed by atoms with Crippen molar-refractivity contribution in [1.82, 2.24) is 14.3 Å². The molecule has 0 unspecified atom stereocenters. The van der Waals surface area contributed by atoms with Crippen molar-refractivity contribution in [2.24, 2.45) is 0 Å². The summed E-state index contributed by atoms with van der Waals surface area (Å²) in [6.07, 6.45) is 2.46. The molecule has 1 saturated heterocycles. The van der Waals surface area contributed by atoms with Gasteiger partial charge in [0.2, 0.25) is 10.0 Å². The first-order chi connectivity index (χ1) is 13.1. The summed E-state index contributed by atoms with van der Waals surface area (Å²) in [5, 5.41) is 9.90. The number of anilines is 1. The molecule has 0 N–H and O–H groups in total. The van der Waals surface area contributed by atoms with Gasteiger partial charge in [0.25, 0.3) is 0 Å². The zero-order valence-corrected chi connectivity index (χ0v) is 16.1. The molecule has 0 spiro atoms. The highest BCUT2D eigenvalue weighted by atomic mass is 32.2. The average Bonchev–Trinajstić information content (AvgIpc) is 2.96. The van der Waals surface area contributed by atoms with Crippen LogP contribution in [0.15, 0.2) is 47.5 Å². The number of rotatable bonds is 3. The summed E-state index contributed by atoms with van der Waals surface area (Å²) in [5.41, 5.74) is 1.20. The fourth-order valence-corrected chi connectivity index (χ4v) is 5.57. The van der Waals surface area contributed by atoms with Crippen molar-refractivity contribution in [2.45, 2.75) is 11.3 Å². The second-order valence-electron chi connectivity index (χ2n) is 6.21. The number of sulfonamides is 1. The van der Waals surface area contributed by atoms with Gasteiger partial charge >= 0.3 is 0 Å². The van der Waals surface area contributed by atoms with Crippen LogP contribution in [0.3, 0.4) is 0 Å². The fourth-order valence-electron chi connectivity index (χ4n) is 3.09. The first-order valence-corrected chi connectivity index (χ1v) is 10.8. The summed E-state index contributed by atoms with van der Waals surface area (Å²) in [4.78, 5) is 12.1. The van der Waals surface area contributed by atoms with E-state index in [1.165, 1.54) is 27.8 Å². The maximum atomic E-state index is 13.0. The van der Waals surface area contributed by atoms with Crippen molar-refractivity contribution in [3.8, 4) is 6.07 Å². The number of nitrogens with zero attached hydrogens (tertiary/aromatic N) is 5. The van der Waals surface area contributed by atoms with E-state index in [-0.39, 0.29) is 4.90 Å². The Balaban J connectivity index is 1.55. The number of pyridine rings is 1. The number of benzene rings is 1. The van der Waals surface area contributed by atoms with Gasteiger partial charge in [0.1, 0.15) is 10.3 Å². The average molecular weight is 400 g/mol. The normalized spacial score (nSPS) is 16.2. The zero-order valence-electron chi connectivity index (χ0n) is 14.4. The Bertz CT molecular complexity index is 1090. The van der Waals surface area contributed by atoms with Crippen molar-refractivity contribution in [2.75, 3.05) is 31.1 Å². The molecule has 138 valence electrons. The molecule has 0 amide bonds. The van der Waals surface area contributed by atoms with Gasteiger partial charge in [-0.2, -0.15) is 9.57 Å². The Morgan fingerprint density at radius 1 is 1.11 bits per heavy atom. The largest absolute Gasteiger partial charge is 0.347 e. The number of nitriles is 1. The second kappa shape index (κ2) is 7.23. The molecule has 0 bridgehead atoms. The Morgan fingerprint density at radius 3 is 2.81 bits per heavy atom. The quantitative estimate of drug-likeness (QED) is 0.672. The number of aromatic nitrogens is 2. The van der Waals surface area contributed by atoms with Gasteiger partial charge in [-0.25, -0.2) is 18.4 Å². The van der Waals surface area contributed by atoms with Crippen molar-refractivity contribution in [3.05, 3.63) is 48.2 Å². The van der Waals surface area contributed by atoms with Crippen LogP contribution in [0.25, 0.3) is 10.3 Å². The van der Waals surface area contributed by atoms with Gasteiger partial charge in [0.15, 0.2) is 5.13 Å². The predicted octanol–water partition coefficient (Wildman–Crippen LogP) is 2.46. The fraction of sp³-hybridized carbons (Fsp3) is 0.278. The third kappa shape index (κ3) is 3.51. The van der Waals surface area contributed by atoms with Gasteiger partial charge in [-0.3, -0.25) is 0 Å². The highest BCUT2D eigenvalue weighted by Gasteiger charge is 2.28. The molecule has 7 nitrogen and oxygen atoms in total. The third-order valence-electron chi connectivity index (χ3n) is 4.48. The summed E-state index contributed by atoms with van der Waals surface area (Å²) < 4.78 is 27.4. The molecule has 0 atom stereocenters. The van der Waals surface area contributed by atoms with Crippen LogP contribution in [0.5, 0.6) is 0 Å². The molecule has 0 aliphatic carbocycles. The van der Waals surface area contributed by atoms with Crippen LogP contribution in [0.2, 0.25) is 0 Å². The Hall–Kier alpha value is -2.54. The maximum absolute atomic E-state index is 13.0. The Morgan fingerprint density at radius 2 is 2.00 bits per heavy atom. The van der Waals surface area contributed by atoms with E-state index in [0.717, 1.165) is 22.0 Å². The van der Waals surface area contributed by atoms with Crippen LogP contribution < -0.4 is 4.90 Å². The van der Waals surface area contributed by atoms with E-state index >= 15 is 0 Å². The van der Waals surface area contributed by atoms with E-state index in [9.17, 15) is 8.42 Å². The van der Waals surface area contributed by atoms with Crippen LogP contribution >= 0.6 is 11.3 Å². The zero-order chi connectivity index (χ0) is 18.9. The molecule has 1 fully saturated rings. The molecule has 1 aliphatic rings. The first-order valence-electron chi connectivity index (χ1n) is 8.55. The van der Waals surface area contributed by atoms with Crippen molar-refractivity contribution < 1.29 is 8.42 Å². The minimum absolute atomic E-state index is 0.166. The summed E-state index contributed by atoms with van der Waals surface area (Å²) in [7, 11) is -3.62. The first kappa shape index (κ1) is 17.9. The molecule has 27 heavy (non-hydrogen) atoms. The minimum Gasteiger partial charge on any atom is -0.347 e. The van der Waals surface area contributed by atoms with Gasteiger partial charge < -0.3 is 4.90 Å². The van der Waals surface area contributed by atoms with Crippen LogP contribution in [-0.2, 0) is 10.0 Å². The van der Waals surface area contributed by atoms with Crippen molar-refractivity contribution in [1.29, 1.82) is 5.26 Å². The van der Waals surface area contributed by atoms with Crippen LogP contribution in [0, 0.1) is 11.3 Å². The lowest BCUT2D eigenvalue weighted by Crippen LogP contribution is -2.35. The molecule has 4 rings (SSSR count). The molecule has 3 heterocycles. The highest BCUT2D eigenvalue weighted by Crippen LogP contribution is 2.28. The van der Waals surface area contributed by atoms with Gasteiger partial charge in [-0.15, -0.1) is 0 Å². The van der Waals surface area contributed by atoms with Crippen molar-refractivity contribution >= 4 is 36.8 Å². The molecule has 3 aromatic rings. The topological polar surface area (TPSA) is 90.2 Å². The van der Waals surface area contributed by atoms with Gasteiger partial charge in [-0.1, -0.05) is 17.4 Å². The standard InChI is InChI=1S/C18H17N5O2S2/c19-13-14-4-1-5-15(12-14)27(24,25)23-9-3-8-22(10-11-23)18-21-16-6-2-7-20-17(16)26-18/h1-2,4-7,12H,3,8-11H2. The lowest BCUT2D eigenvalue weighted by atomic mass is 10.2. The van der Waals surface area contributed by atoms with Crippen molar-refractivity contribution in [3.63, 3.8) is 0 Å². The summed E-state index contributed by atoms with van der Waals surface area (Å²) in [6, 6.07) is 12.0. The summed E-state index contributed by atoms with van der Waals surface area (Å²) in [6.45, 7) is 2.13. The van der Waals surface area contributed by atoms with E-state index < -0.39 is 10.0 Å². The molecular weight excluding hydrogens is 382 g/mol. The van der Waals surface area contributed by atoms with E-state index in [1.54, 1.807) is 18.3 Å². The Labute approximate surface area is 161 Å². The van der Waals surface area contributed by atoms with Crippen LogP contribution in [0.1, 0.15) is 12.0 Å². The molecule has 9 heteroatoms. The molecule has 0 saturated carbocycles. The van der Waals surface area contributed by atoms with Gasteiger partial charge in [-0.05, 0) is 36.8 Å². The smallest absolute Gasteiger partial charge is 0.243 e. The van der Waals surface area contributed by atoms with E-state index in [0.29, 0.717) is 31.6 Å². The second-order valence-corrected chi connectivity index (χ2v) is 9.10. The van der Waals surface area contributed by atoms with Crippen LogP contribution in [0.4, 0.5) is 5.13 Å². The third-order valence-corrected chi connectivity index (χ3v) is 7.42. The summed E-state index contributed by atoms with van der Waals surface area (Å²) >= 11 is 1.52. The molecule has 2 aromatic heterocycles.